The van der Waals surface area contributed by atoms with Crippen molar-refractivity contribution in [3.05, 3.63) is 65.4 Å². The molecular weight excluding hydrogens is 427 g/mol. The average Bonchev–Trinajstić information content (AvgIpc) is 3.24. The lowest BCUT2D eigenvalue weighted by Gasteiger charge is -2.16. The molecule has 1 amide bonds. The number of halogens is 3. The van der Waals surface area contributed by atoms with Gasteiger partial charge in [-0.1, -0.05) is 18.2 Å². The van der Waals surface area contributed by atoms with Crippen molar-refractivity contribution < 1.29 is 27.5 Å². The van der Waals surface area contributed by atoms with E-state index < -0.39 is 23.5 Å². The Labute approximate surface area is 180 Å². The second-order valence-electron chi connectivity index (χ2n) is 6.77. The van der Waals surface area contributed by atoms with Crippen LogP contribution >= 0.6 is 0 Å². The number of carbonyl (C=O) groups excluding carboxylic acids is 1. The summed E-state index contributed by atoms with van der Waals surface area (Å²) in [5.74, 6) is -0.478. The van der Waals surface area contributed by atoms with Gasteiger partial charge in [-0.3, -0.25) is 9.63 Å². The first-order chi connectivity index (χ1) is 15.4. The van der Waals surface area contributed by atoms with Crippen LogP contribution in [0.15, 0.2) is 48.7 Å². The van der Waals surface area contributed by atoms with Gasteiger partial charge in [0.25, 0.3) is 5.91 Å². The molecule has 0 fully saturated rings. The molecule has 32 heavy (non-hydrogen) atoms. The van der Waals surface area contributed by atoms with E-state index in [9.17, 15) is 18.0 Å². The zero-order chi connectivity index (χ0) is 22.7. The van der Waals surface area contributed by atoms with E-state index in [0.29, 0.717) is 47.5 Å². The summed E-state index contributed by atoms with van der Waals surface area (Å²) >= 11 is 0. The molecule has 0 unspecified atom stereocenters. The third-order valence-electron chi connectivity index (χ3n) is 4.68. The van der Waals surface area contributed by atoms with Crippen LogP contribution in [0.5, 0.6) is 5.75 Å². The molecule has 0 spiro atoms. The average molecular weight is 445 g/mol. The minimum absolute atomic E-state index is 0.0665. The second kappa shape index (κ2) is 8.71. The molecule has 2 aromatic carbocycles. The Morgan fingerprint density at radius 1 is 1.12 bits per heavy atom. The Kier molecular flexibility index (Phi) is 5.82. The summed E-state index contributed by atoms with van der Waals surface area (Å²) in [4.78, 5) is 24.7. The first-order valence-electron chi connectivity index (χ1n) is 9.52. The molecule has 2 heterocycles. The van der Waals surface area contributed by atoms with Crippen LogP contribution in [0.2, 0.25) is 0 Å². The number of anilines is 4. The number of amides is 1. The number of carbonyl (C=O) groups is 1. The summed E-state index contributed by atoms with van der Waals surface area (Å²) in [6.45, 7) is 0.357. The van der Waals surface area contributed by atoms with Gasteiger partial charge in [0.1, 0.15) is 17.1 Å². The van der Waals surface area contributed by atoms with Gasteiger partial charge >= 0.3 is 6.18 Å². The quantitative estimate of drug-likeness (QED) is 0.489. The predicted octanol–water partition coefficient (Wildman–Crippen LogP) is 4.21. The van der Waals surface area contributed by atoms with Crippen molar-refractivity contribution in [2.24, 2.45) is 0 Å². The van der Waals surface area contributed by atoms with Gasteiger partial charge < -0.3 is 15.4 Å². The van der Waals surface area contributed by atoms with Crippen LogP contribution in [0.1, 0.15) is 21.5 Å². The van der Waals surface area contributed by atoms with Crippen LogP contribution in [0, 0.1) is 0 Å². The number of hydroxylamine groups is 1. The number of nitrogens with one attached hydrogen (secondary N) is 3. The number of hydrogen-bond acceptors (Lipinski definition) is 7. The molecule has 3 aromatic rings. The van der Waals surface area contributed by atoms with Crippen LogP contribution in [-0.2, 0) is 17.4 Å². The summed E-state index contributed by atoms with van der Waals surface area (Å²) in [5.41, 5.74) is 3.16. The molecular formula is C21H18F3N5O3. The highest BCUT2D eigenvalue weighted by Gasteiger charge is 2.35. The summed E-state index contributed by atoms with van der Waals surface area (Å²) in [5, 5.41) is 5.58. The predicted molar refractivity (Wildman–Crippen MR) is 110 cm³/mol. The highest BCUT2D eigenvalue weighted by atomic mass is 19.4. The third-order valence-corrected chi connectivity index (χ3v) is 4.68. The highest BCUT2D eigenvalue weighted by molar-refractivity contribution is 5.97. The molecule has 1 aliphatic heterocycles. The lowest BCUT2D eigenvalue weighted by atomic mass is 10.0. The normalized spacial score (nSPS) is 12.6. The summed E-state index contributed by atoms with van der Waals surface area (Å²) in [6, 6.07) is 11.5. The van der Waals surface area contributed by atoms with E-state index in [1.54, 1.807) is 42.5 Å². The topological polar surface area (TPSA) is 97.4 Å². The van der Waals surface area contributed by atoms with E-state index in [4.69, 9.17) is 4.74 Å². The zero-order valence-corrected chi connectivity index (χ0v) is 16.8. The number of hydrogen-bond donors (Lipinski definition) is 3. The Bertz CT molecular complexity index is 1140. The molecule has 11 heteroatoms. The molecule has 0 bridgehead atoms. The fraction of sp³-hybridized carbons (Fsp3) is 0.190. The molecule has 3 N–H and O–H groups in total. The minimum Gasteiger partial charge on any atom is -0.491 e. The van der Waals surface area contributed by atoms with Crippen molar-refractivity contribution in [2.75, 3.05) is 24.4 Å². The van der Waals surface area contributed by atoms with Crippen molar-refractivity contribution >= 4 is 29.0 Å². The fourth-order valence-corrected chi connectivity index (χ4v) is 3.28. The molecule has 0 saturated carbocycles. The molecule has 8 nitrogen and oxygen atoms in total. The van der Waals surface area contributed by atoms with Crippen LogP contribution in [-0.4, -0.2) is 29.6 Å². The van der Waals surface area contributed by atoms with E-state index in [0.717, 1.165) is 0 Å². The number of rotatable bonds is 6. The summed E-state index contributed by atoms with van der Waals surface area (Å²) in [6.07, 6.45) is -3.44. The molecule has 4 rings (SSSR count). The zero-order valence-electron chi connectivity index (χ0n) is 16.8. The maximum absolute atomic E-state index is 13.5. The van der Waals surface area contributed by atoms with E-state index in [2.05, 4.69) is 30.9 Å². The number of alkyl halides is 3. The van der Waals surface area contributed by atoms with Gasteiger partial charge in [0.15, 0.2) is 0 Å². The Morgan fingerprint density at radius 2 is 1.91 bits per heavy atom. The van der Waals surface area contributed by atoms with Crippen molar-refractivity contribution in [3.8, 4) is 5.75 Å². The van der Waals surface area contributed by atoms with E-state index in [-0.39, 0.29) is 5.95 Å². The Morgan fingerprint density at radius 3 is 2.62 bits per heavy atom. The van der Waals surface area contributed by atoms with Gasteiger partial charge in [0.05, 0.1) is 19.4 Å². The highest BCUT2D eigenvalue weighted by Crippen LogP contribution is 2.39. The number of aromatic nitrogens is 2. The van der Waals surface area contributed by atoms with E-state index in [1.807, 2.05) is 0 Å². The summed E-state index contributed by atoms with van der Waals surface area (Å²) in [7, 11) is 1.33. The molecule has 0 saturated heterocycles. The van der Waals surface area contributed by atoms with Crippen LogP contribution in [0.4, 0.5) is 36.3 Å². The molecule has 1 aliphatic rings. The van der Waals surface area contributed by atoms with Gasteiger partial charge in [-0.05, 0) is 24.3 Å². The third kappa shape index (κ3) is 4.42. The SMILES string of the molecule is CONC(=O)c1ccc(Nc2ncc(C(F)(F)F)c(Nc3ccccc3)n2)c2c1CCO2. The molecule has 166 valence electrons. The standard InChI is InChI=1S/C21H18F3N5O3/c1-31-29-19(30)14-7-8-16(17-13(14)9-10-32-17)27-20-25-11-15(21(22,23)24)18(28-20)26-12-5-3-2-4-6-12/h2-8,11H,9-10H2,1H3,(H,29,30)(H2,25,26,27,28). The number of ether oxygens (including phenoxy) is 1. The molecule has 1 aromatic heterocycles. The number of para-hydroxylation sites is 1. The number of fused-ring (bicyclic) bond motifs is 1. The van der Waals surface area contributed by atoms with Crippen molar-refractivity contribution in [1.29, 1.82) is 0 Å². The fourth-order valence-electron chi connectivity index (χ4n) is 3.28. The van der Waals surface area contributed by atoms with Gasteiger partial charge in [0, 0.05) is 29.4 Å². The Hall–Kier alpha value is -3.86. The van der Waals surface area contributed by atoms with Crippen molar-refractivity contribution in [3.63, 3.8) is 0 Å². The van der Waals surface area contributed by atoms with Crippen LogP contribution in [0.3, 0.4) is 0 Å². The minimum atomic E-state index is -4.64. The van der Waals surface area contributed by atoms with Crippen LogP contribution < -0.4 is 20.9 Å². The maximum Gasteiger partial charge on any atom is 0.421 e. The van der Waals surface area contributed by atoms with E-state index >= 15 is 0 Å². The van der Waals surface area contributed by atoms with Gasteiger partial charge in [-0.25, -0.2) is 10.5 Å². The molecule has 0 aliphatic carbocycles. The largest absolute Gasteiger partial charge is 0.491 e. The lowest BCUT2D eigenvalue weighted by Crippen LogP contribution is -2.23. The molecule has 0 atom stereocenters. The summed E-state index contributed by atoms with van der Waals surface area (Å²) < 4.78 is 46.0. The first-order valence-corrected chi connectivity index (χ1v) is 9.52. The monoisotopic (exact) mass is 445 g/mol. The number of benzene rings is 2. The lowest BCUT2D eigenvalue weighted by molar-refractivity contribution is -0.137. The van der Waals surface area contributed by atoms with Crippen molar-refractivity contribution in [1.82, 2.24) is 15.4 Å². The maximum atomic E-state index is 13.5. The van der Waals surface area contributed by atoms with Crippen molar-refractivity contribution in [2.45, 2.75) is 12.6 Å². The second-order valence-corrected chi connectivity index (χ2v) is 6.77. The van der Waals surface area contributed by atoms with Gasteiger partial charge in [0.2, 0.25) is 5.95 Å². The number of nitrogens with zero attached hydrogens (tertiary/aromatic N) is 2. The first kappa shape index (κ1) is 21.4. The molecule has 0 radical (unpaired) electrons. The van der Waals surface area contributed by atoms with E-state index in [1.165, 1.54) is 7.11 Å². The van der Waals surface area contributed by atoms with Crippen LogP contribution in [0.25, 0.3) is 0 Å². The van der Waals surface area contributed by atoms with Gasteiger partial charge in [-0.2, -0.15) is 18.2 Å². The Balaban J connectivity index is 1.67. The smallest absolute Gasteiger partial charge is 0.421 e. The van der Waals surface area contributed by atoms with Gasteiger partial charge in [-0.15, -0.1) is 0 Å².